The molecule has 1 aliphatic rings. The minimum Gasteiger partial charge on any atom is -0.456 e. The normalized spacial score (nSPS) is 13.9. The van der Waals surface area contributed by atoms with Crippen LogP contribution in [0, 0.1) is 0 Å². The molecule has 0 atom stereocenters. The van der Waals surface area contributed by atoms with Gasteiger partial charge in [0.05, 0.1) is 11.2 Å². The Morgan fingerprint density at radius 2 is 0.686 bits per heavy atom. The first kappa shape index (κ1) is 51.3. The summed E-state index contributed by atoms with van der Waals surface area (Å²) in [5.74, 6) is 3.38. The lowest BCUT2D eigenvalue weighted by molar-refractivity contribution is 0.00578. The molecule has 0 aliphatic carbocycles. The maximum atomic E-state index is 6.39. The number of furan rings is 4. The Morgan fingerprint density at radius 3 is 1.19 bits per heavy atom. The monoisotopic (exact) mass is 1140 g/mol. The van der Waals surface area contributed by atoms with Gasteiger partial charge in [-0.15, -0.1) is 0 Å². The van der Waals surface area contributed by atoms with Gasteiger partial charge in [0, 0.05) is 81.5 Å². The van der Waals surface area contributed by atoms with Gasteiger partial charge in [-0.1, -0.05) is 157 Å². The predicted octanol–water partition coefficient (Wildman–Crippen LogP) is 18.3. The fourth-order valence-electron chi connectivity index (χ4n) is 11.6. The van der Waals surface area contributed by atoms with Gasteiger partial charge in [0.15, 0.2) is 34.9 Å². The maximum Gasteiger partial charge on any atom is 0.494 e. The molecule has 0 N–H and O–H groups in total. The number of nitrogens with zero attached hydrogens (tertiary/aromatic N) is 6. The van der Waals surface area contributed by atoms with E-state index in [0.717, 1.165) is 127 Å². The molecule has 1 fully saturated rings. The van der Waals surface area contributed by atoms with E-state index >= 15 is 0 Å². The molecule has 86 heavy (non-hydrogen) atoms. The van der Waals surface area contributed by atoms with E-state index < -0.39 is 18.3 Å². The van der Waals surface area contributed by atoms with Crippen molar-refractivity contribution in [1.29, 1.82) is 0 Å². The van der Waals surface area contributed by atoms with Gasteiger partial charge >= 0.3 is 7.12 Å². The number of rotatable bonds is 7. The van der Waals surface area contributed by atoms with Crippen molar-refractivity contribution in [1.82, 2.24) is 29.9 Å². The second-order valence-electron chi connectivity index (χ2n) is 22.5. The molecule has 0 amide bonds. The SMILES string of the molecule is CC1(C)OB(c2ccc3oc4cccc(-c5nc(-c6ccccc6)nc(-c6ccc7c(c6)oc6ccccc67)n5)c4c3c2)OC1(C)C.Clc1ccc2oc3cccc(-c4nc(-c5ccccc5)nc(-c5ccc6c(c5)oc5ccccc56)n4)c3c2c1. The zero-order chi connectivity index (χ0) is 57.8. The van der Waals surface area contributed by atoms with Gasteiger partial charge in [-0.2, -0.15) is 0 Å². The minimum atomic E-state index is -0.497. The molecule has 0 spiro atoms. The van der Waals surface area contributed by atoms with Gasteiger partial charge in [0.1, 0.15) is 44.7 Å². The maximum absolute atomic E-state index is 6.39. The molecule has 0 unspecified atom stereocenters. The molecule has 12 nitrogen and oxygen atoms in total. The molecule has 10 aromatic carbocycles. The summed E-state index contributed by atoms with van der Waals surface area (Å²) in [5.41, 5.74) is 11.5. The highest BCUT2D eigenvalue weighted by molar-refractivity contribution is 6.62. The fourth-order valence-corrected chi connectivity index (χ4v) is 11.7. The molecule has 0 bridgehead atoms. The highest BCUT2D eigenvalue weighted by Crippen LogP contribution is 2.42. The van der Waals surface area contributed by atoms with Crippen LogP contribution in [0.2, 0.25) is 5.02 Å². The van der Waals surface area contributed by atoms with Crippen molar-refractivity contribution < 1.29 is 27.0 Å². The van der Waals surface area contributed by atoms with Gasteiger partial charge in [0.25, 0.3) is 0 Å². The smallest absolute Gasteiger partial charge is 0.456 e. The van der Waals surface area contributed by atoms with Crippen LogP contribution in [-0.4, -0.2) is 48.2 Å². The standard InChI is InChI=1S/C39H30BN3O4.C33H18ClN3O2/c1-38(2)39(3,4)47-40(46-38)25-18-20-31-29(22-25)34-28(14-10-16-32(34)44-31)37-42-35(23-11-6-5-7-12-23)41-36(43-37)24-17-19-27-26-13-8-9-15-30(26)45-33(27)21-24;34-21-14-16-27-25(18-21)30-24(10-6-12-28(30)38-27)33-36-31(19-7-2-1-3-8-19)35-32(37-33)20-13-15-23-22-9-4-5-11-26(22)39-29(23)17-20/h5-22H,1-4H3;1-18H. The molecule has 6 aromatic heterocycles. The van der Waals surface area contributed by atoms with E-state index in [2.05, 4.69) is 58.0 Å². The zero-order valence-corrected chi connectivity index (χ0v) is 47.6. The highest BCUT2D eigenvalue weighted by Gasteiger charge is 2.51. The molecule has 17 rings (SSSR count). The Balaban J connectivity index is 0.000000142. The number of hydrogen-bond acceptors (Lipinski definition) is 12. The Morgan fingerprint density at radius 1 is 0.302 bits per heavy atom. The van der Waals surface area contributed by atoms with E-state index in [0.29, 0.717) is 40.0 Å². The summed E-state index contributed by atoms with van der Waals surface area (Å²) in [5, 5.41) is 8.60. The number of fused-ring (bicyclic) bond motifs is 12. The lowest BCUT2D eigenvalue weighted by Gasteiger charge is -2.32. The number of para-hydroxylation sites is 2. The third kappa shape index (κ3) is 8.77. The summed E-state index contributed by atoms with van der Waals surface area (Å²) in [6, 6.07) is 71.8. The molecule has 0 saturated carbocycles. The van der Waals surface area contributed by atoms with Crippen LogP contribution in [-0.2, 0) is 9.31 Å². The van der Waals surface area contributed by atoms with Crippen molar-refractivity contribution in [3.05, 3.63) is 223 Å². The number of halogens is 1. The Kier molecular flexibility index (Phi) is 11.9. The molecule has 1 aliphatic heterocycles. The molecule has 7 heterocycles. The first-order chi connectivity index (χ1) is 41.9. The summed E-state index contributed by atoms with van der Waals surface area (Å²) >= 11 is 6.37. The van der Waals surface area contributed by atoms with Crippen LogP contribution in [0.5, 0.6) is 0 Å². The lowest BCUT2D eigenvalue weighted by Crippen LogP contribution is -2.41. The van der Waals surface area contributed by atoms with Crippen LogP contribution in [0.25, 0.3) is 156 Å². The molecule has 14 heteroatoms. The van der Waals surface area contributed by atoms with Crippen LogP contribution in [0.4, 0.5) is 0 Å². The number of aromatic nitrogens is 6. The summed E-state index contributed by atoms with van der Waals surface area (Å²) in [4.78, 5) is 29.9. The van der Waals surface area contributed by atoms with Crippen molar-refractivity contribution >= 4 is 112 Å². The quantitative estimate of drug-likeness (QED) is 0.140. The van der Waals surface area contributed by atoms with Crippen LogP contribution in [0.1, 0.15) is 27.7 Å². The van der Waals surface area contributed by atoms with Crippen LogP contribution < -0.4 is 5.46 Å². The Bertz CT molecular complexity index is 5350. The third-order valence-electron chi connectivity index (χ3n) is 16.6. The molecule has 0 radical (unpaired) electrons. The second-order valence-corrected chi connectivity index (χ2v) is 22.9. The van der Waals surface area contributed by atoms with E-state index in [-0.39, 0.29) is 0 Å². The van der Waals surface area contributed by atoms with E-state index in [1.54, 1.807) is 0 Å². The Labute approximate surface area is 496 Å². The molecule has 16 aromatic rings. The molecule has 1 saturated heterocycles. The van der Waals surface area contributed by atoms with E-state index in [1.165, 1.54) is 0 Å². The van der Waals surface area contributed by atoms with Gasteiger partial charge in [-0.05, 0) is 106 Å². The largest absolute Gasteiger partial charge is 0.494 e. The van der Waals surface area contributed by atoms with Crippen molar-refractivity contribution in [2.24, 2.45) is 0 Å². The van der Waals surface area contributed by atoms with Gasteiger partial charge in [-0.3, -0.25) is 0 Å². The first-order valence-corrected chi connectivity index (χ1v) is 28.7. The lowest BCUT2D eigenvalue weighted by atomic mass is 9.78. The average molecular weight is 1140 g/mol. The first-order valence-electron chi connectivity index (χ1n) is 28.3. The van der Waals surface area contributed by atoms with Gasteiger partial charge in [-0.25, -0.2) is 29.9 Å². The average Bonchev–Trinajstić information content (AvgIpc) is 2.41. The van der Waals surface area contributed by atoms with Crippen LogP contribution in [0.15, 0.2) is 236 Å². The second kappa shape index (κ2) is 19.9. The Hall–Kier alpha value is -10.3. The minimum absolute atomic E-state index is 0.448. The summed E-state index contributed by atoms with van der Waals surface area (Å²) in [7, 11) is -0.497. The fraction of sp³-hybridized carbons (Fsp3) is 0.0833. The van der Waals surface area contributed by atoms with Crippen LogP contribution >= 0.6 is 11.6 Å². The van der Waals surface area contributed by atoms with Crippen molar-refractivity contribution in [2.45, 2.75) is 38.9 Å². The van der Waals surface area contributed by atoms with E-state index in [1.807, 2.05) is 188 Å². The zero-order valence-electron chi connectivity index (χ0n) is 46.9. The van der Waals surface area contributed by atoms with E-state index in [4.69, 9.17) is 68.5 Å². The predicted molar refractivity (Wildman–Crippen MR) is 342 cm³/mol. The molecular weight excluding hydrogens is 1090 g/mol. The summed E-state index contributed by atoms with van der Waals surface area (Å²) < 4.78 is 37.6. The van der Waals surface area contributed by atoms with Gasteiger partial charge in [0.2, 0.25) is 0 Å². The summed E-state index contributed by atoms with van der Waals surface area (Å²) in [6.45, 7) is 8.24. The molecule has 412 valence electrons. The number of benzene rings is 10. The highest BCUT2D eigenvalue weighted by atomic mass is 35.5. The van der Waals surface area contributed by atoms with Crippen LogP contribution in [0.3, 0.4) is 0 Å². The summed E-state index contributed by atoms with van der Waals surface area (Å²) in [6.07, 6.45) is 0. The van der Waals surface area contributed by atoms with E-state index in [9.17, 15) is 0 Å². The van der Waals surface area contributed by atoms with Crippen molar-refractivity contribution in [3.8, 4) is 68.3 Å². The third-order valence-corrected chi connectivity index (χ3v) is 16.8. The topological polar surface area (TPSA) is 148 Å². The van der Waals surface area contributed by atoms with Crippen molar-refractivity contribution in [3.63, 3.8) is 0 Å². The van der Waals surface area contributed by atoms with Gasteiger partial charge < -0.3 is 27.0 Å². The molecular formula is C72H48BClN6O6. The van der Waals surface area contributed by atoms with Crippen molar-refractivity contribution in [2.75, 3.05) is 0 Å². The number of hydrogen-bond donors (Lipinski definition) is 0.